The molecule has 7 nitrogen and oxygen atoms in total. The van der Waals surface area contributed by atoms with Crippen LogP contribution in [0.3, 0.4) is 0 Å². The van der Waals surface area contributed by atoms with Crippen molar-refractivity contribution < 1.29 is 17.5 Å². The van der Waals surface area contributed by atoms with Crippen molar-refractivity contribution in [3.63, 3.8) is 0 Å². The molecule has 1 aromatic heterocycles. The fourth-order valence-electron chi connectivity index (χ4n) is 2.21. The molecule has 0 amide bonds. The number of rotatable bonds is 4. The van der Waals surface area contributed by atoms with Crippen LogP contribution in [0.1, 0.15) is 5.56 Å². The Kier molecular flexibility index (Phi) is 4.44. The van der Waals surface area contributed by atoms with Gasteiger partial charge in [0.1, 0.15) is 11.1 Å². The maximum absolute atomic E-state index is 12.5. The lowest BCUT2D eigenvalue weighted by Gasteiger charge is -2.10. The van der Waals surface area contributed by atoms with Crippen molar-refractivity contribution in [2.45, 2.75) is 11.8 Å². The number of halogens is 1. The fourth-order valence-corrected chi connectivity index (χ4v) is 3.53. The SMILES string of the molecule is Cc1ccc(S(=O)(=O)Oc2c([N+](=O)[O-])cnc3ccc(Br)cc23)cc1. The first kappa shape index (κ1) is 17.3. The van der Waals surface area contributed by atoms with Crippen LogP contribution in [-0.2, 0) is 10.1 Å². The smallest absolute Gasteiger partial charge is 0.339 e. The Bertz CT molecular complexity index is 1080. The Morgan fingerprint density at radius 1 is 1.16 bits per heavy atom. The van der Waals surface area contributed by atoms with Gasteiger partial charge in [0.25, 0.3) is 0 Å². The molecule has 0 saturated carbocycles. The number of aryl methyl sites for hydroxylation is 1. The molecule has 0 atom stereocenters. The van der Waals surface area contributed by atoms with Gasteiger partial charge in [-0.25, -0.2) is 4.98 Å². The van der Waals surface area contributed by atoms with E-state index in [1.165, 1.54) is 18.2 Å². The third-order valence-electron chi connectivity index (χ3n) is 3.46. The van der Waals surface area contributed by atoms with Crippen LogP contribution < -0.4 is 4.18 Å². The Labute approximate surface area is 151 Å². The third-order valence-corrected chi connectivity index (χ3v) is 5.19. The summed E-state index contributed by atoms with van der Waals surface area (Å²) in [5, 5.41) is 11.5. The van der Waals surface area contributed by atoms with Gasteiger partial charge in [0.15, 0.2) is 0 Å². The van der Waals surface area contributed by atoms with Crippen molar-refractivity contribution in [3.8, 4) is 5.75 Å². The first-order valence-corrected chi connectivity index (χ1v) is 9.22. The zero-order chi connectivity index (χ0) is 18.2. The summed E-state index contributed by atoms with van der Waals surface area (Å²) in [6, 6.07) is 10.8. The predicted molar refractivity (Wildman–Crippen MR) is 95.1 cm³/mol. The van der Waals surface area contributed by atoms with Crippen LogP contribution >= 0.6 is 15.9 Å². The number of aromatic nitrogens is 1. The first-order chi connectivity index (χ1) is 11.8. The number of hydrogen-bond acceptors (Lipinski definition) is 6. The highest BCUT2D eigenvalue weighted by atomic mass is 79.9. The molecular formula is C16H11BrN2O5S. The molecule has 1 heterocycles. The lowest BCUT2D eigenvalue weighted by atomic mass is 10.2. The Balaban J connectivity index is 2.19. The molecule has 0 fully saturated rings. The number of fused-ring (bicyclic) bond motifs is 1. The topological polar surface area (TPSA) is 99.4 Å². The molecule has 0 aliphatic heterocycles. The van der Waals surface area contributed by atoms with Crippen LogP contribution in [0.15, 0.2) is 58.0 Å². The summed E-state index contributed by atoms with van der Waals surface area (Å²) in [5.41, 5.74) is 0.729. The van der Waals surface area contributed by atoms with Gasteiger partial charge >= 0.3 is 15.8 Å². The number of hydrogen-bond donors (Lipinski definition) is 0. The van der Waals surface area contributed by atoms with Gasteiger partial charge in [-0.2, -0.15) is 8.42 Å². The summed E-state index contributed by atoms with van der Waals surface area (Å²) in [6.07, 6.45) is 0.982. The molecular weight excluding hydrogens is 412 g/mol. The van der Waals surface area contributed by atoms with E-state index in [-0.39, 0.29) is 16.0 Å². The van der Waals surface area contributed by atoms with Gasteiger partial charge in [0, 0.05) is 4.47 Å². The van der Waals surface area contributed by atoms with Crippen LogP contribution in [-0.4, -0.2) is 18.3 Å². The summed E-state index contributed by atoms with van der Waals surface area (Å²) in [6.45, 7) is 1.82. The van der Waals surface area contributed by atoms with Crippen LogP contribution in [0.2, 0.25) is 0 Å². The van der Waals surface area contributed by atoms with Crippen molar-refractivity contribution in [2.75, 3.05) is 0 Å². The van der Waals surface area contributed by atoms with E-state index in [2.05, 4.69) is 20.9 Å². The molecule has 3 rings (SSSR count). The molecule has 0 unspecified atom stereocenters. The highest BCUT2D eigenvalue weighted by molar-refractivity contribution is 9.10. The minimum Gasteiger partial charge on any atom is -0.371 e. The molecule has 2 aromatic carbocycles. The second kappa shape index (κ2) is 6.41. The molecule has 3 aromatic rings. The molecule has 0 bridgehead atoms. The molecule has 25 heavy (non-hydrogen) atoms. The molecule has 0 aliphatic rings. The molecule has 0 aliphatic carbocycles. The Morgan fingerprint density at radius 2 is 1.84 bits per heavy atom. The highest BCUT2D eigenvalue weighted by Crippen LogP contribution is 2.37. The lowest BCUT2D eigenvalue weighted by molar-refractivity contribution is -0.385. The normalized spacial score (nSPS) is 11.4. The van der Waals surface area contributed by atoms with Crippen LogP contribution in [0.25, 0.3) is 10.9 Å². The lowest BCUT2D eigenvalue weighted by Crippen LogP contribution is -2.11. The monoisotopic (exact) mass is 422 g/mol. The largest absolute Gasteiger partial charge is 0.371 e. The standard InChI is InChI=1S/C16H11BrN2O5S/c1-10-2-5-12(6-3-10)25(22,23)24-16-13-8-11(17)4-7-14(13)18-9-15(16)19(20)21/h2-9H,1H3. The maximum Gasteiger partial charge on any atom is 0.339 e. The van der Waals surface area contributed by atoms with Gasteiger partial charge in [-0.05, 0) is 37.3 Å². The Hall–Kier alpha value is -2.52. The first-order valence-electron chi connectivity index (χ1n) is 7.02. The van der Waals surface area contributed by atoms with E-state index < -0.39 is 20.7 Å². The van der Waals surface area contributed by atoms with Crippen molar-refractivity contribution in [3.05, 3.63) is 68.8 Å². The van der Waals surface area contributed by atoms with Crippen molar-refractivity contribution in [1.29, 1.82) is 0 Å². The summed E-state index contributed by atoms with van der Waals surface area (Å²) in [4.78, 5) is 14.5. The molecule has 128 valence electrons. The van der Waals surface area contributed by atoms with E-state index in [0.717, 1.165) is 11.8 Å². The van der Waals surface area contributed by atoms with E-state index in [0.29, 0.717) is 9.99 Å². The molecule has 9 heteroatoms. The molecule has 0 N–H and O–H groups in total. The van der Waals surface area contributed by atoms with Gasteiger partial charge < -0.3 is 4.18 Å². The zero-order valence-electron chi connectivity index (χ0n) is 12.8. The Morgan fingerprint density at radius 3 is 2.48 bits per heavy atom. The second-order valence-corrected chi connectivity index (χ2v) is 7.70. The number of benzene rings is 2. The summed E-state index contributed by atoms with van der Waals surface area (Å²) < 4.78 is 30.8. The highest BCUT2D eigenvalue weighted by Gasteiger charge is 2.26. The van der Waals surface area contributed by atoms with Crippen molar-refractivity contribution in [1.82, 2.24) is 4.98 Å². The number of nitro groups is 1. The average molecular weight is 423 g/mol. The van der Waals surface area contributed by atoms with Crippen LogP contribution in [0.5, 0.6) is 5.75 Å². The van der Waals surface area contributed by atoms with E-state index >= 15 is 0 Å². The van der Waals surface area contributed by atoms with Crippen LogP contribution in [0.4, 0.5) is 5.69 Å². The molecule has 0 radical (unpaired) electrons. The maximum atomic E-state index is 12.5. The van der Waals surface area contributed by atoms with Crippen LogP contribution in [0, 0.1) is 17.0 Å². The van der Waals surface area contributed by atoms with Gasteiger partial charge in [-0.1, -0.05) is 33.6 Å². The quantitative estimate of drug-likeness (QED) is 0.358. The van der Waals surface area contributed by atoms with E-state index in [1.807, 2.05) is 6.92 Å². The number of nitrogens with zero attached hydrogens (tertiary/aromatic N) is 2. The van der Waals surface area contributed by atoms with Gasteiger partial charge in [-0.3, -0.25) is 10.1 Å². The summed E-state index contributed by atoms with van der Waals surface area (Å²) in [5.74, 6) is -0.364. The fraction of sp³-hybridized carbons (Fsp3) is 0.0625. The van der Waals surface area contributed by atoms with E-state index in [4.69, 9.17) is 4.18 Å². The predicted octanol–water partition coefficient (Wildman–Crippen LogP) is 3.98. The van der Waals surface area contributed by atoms with E-state index in [9.17, 15) is 18.5 Å². The summed E-state index contributed by atoms with van der Waals surface area (Å²) in [7, 11) is -4.24. The minimum atomic E-state index is -4.24. The molecule has 0 spiro atoms. The summed E-state index contributed by atoms with van der Waals surface area (Å²) >= 11 is 3.26. The number of pyridine rings is 1. The van der Waals surface area contributed by atoms with Crippen molar-refractivity contribution in [2.24, 2.45) is 0 Å². The third kappa shape index (κ3) is 3.47. The zero-order valence-corrected chi connectivity index (χ0v) is 15.2. The minimum absolute atomic E-state index is 0.0904. The van der Waals surface area contributed by atoms with Crippen molar-refractivity contribution >= 4 is 42.6 Å². The second-order valence-electron chi connectivity index (χ2n) is 5.24. The van der Waals surface area contributed by atoms with E-state index in [1.54, 1.807) is 24.3 Å². The molecule has 0 saturated heterocycles. The van der Waals surface area contributed by atoms with Gasteiger partial charge in [0.05, 0.1) is 15.8 Å². The average Bonchev–Trinajstić information content (AvgIpc) is 2.55. The van der Waals surface area contributed by atoms with Gasteiger partial charge in [-0.15, -0.1) is 0 Å². The van der Waals surface area contributed by atoms with Gasteiger partial charge in [0.2, 0.25) is 5.75 Å².